The second kappa shape index (κ2) is 3.75. The van der Waals surface area contributed by atoms with Gasteiger partial charge in [0.15, 0.2) is 0 Å². The van der Waals surface area contributed by atoms with Gasteiger partial charge in [-0.05, 0) is 19.3 Å². The number of ether oxygens (including phenoxy) is 1. The molecule has 1 N–H and O–H groups in total. The lowest BCUT2D eigenvalue weighted by molar-refractivity contribution is -0.138. The topological polar surface area (TPSA) is 46.5 Å². The van der Waals surface area contributed by atoms with Crippen LogP contribution in [0.25, 0.3) is 0 Å². The summed E-state index contributed by atoms with van der Waals surface area (Å²) in [4.78, 5) is 11.1. The molecule has 0 saturated heterocycles. The highest BCUT2D eigenvalue weighted by Gasteiger charge is 2.33. The van der Waals surface area contributed by atoms with Crippen LogP contribution in [0.15, 0.2) is 24.3 Å². The monoisotopic (exact) mass is 182 g/mol. The van der Waals surface area contributed by atoms with E-state index in [0.717, 1.165) is 12.8 Å². The molecule has 0 spiro atoms. The minimum atomic E-state index is -1.19. The molecule has 1 aliphatic carbocycles. The third-order valence-electron chi connectivity index (χ3n) is 2.28. The molecule has 0 bridgehead atoms. The minimum Gasteiger partial charge on any atom is -0.466 e. The molecule has 0 aromatic carbocycles. The number of allylic oxidation sites excluding steroid dienone is 1. The van der Waals surface area contributed by atoms with Crippen molar-refractivity contribution >= 4 is 5.97 Å². The van der Waals surface area contributed by atoms with Crippen LogP contribution in [-0.4, -0.2) is 23.8 Å². The standard InChI is InChI=1S/C10H14O3/c1-8(9(11)13-2)10(12)6-4-3-5-7-10/h4,6,12H,1,3,5,7H2,2H3. The molecular formula is C10H14O3. The van der Waals surface area contributed by atoms with Gasteiger partial charge < -0.3 is 9.84 Å². The lowest BCUT2D eigenvalue weighted by Crippen LogP contribution is -2.34. The molecule has 72 valence electrons. The van der Waals surface area contributed by atoms with E-state index in [0.29, 0.717) is 6.42 Å². The molecule has 1 unspecified atom stereocenters. The number of carbonyl (C=O) groups is 1. The zero-order chi connectivity index (χ0) is 9.90. The zero-order valence-electron chi connectivity index (χ0n) is 7.75. The molecule has 0 saturated carbocycles. The Hall–Kier alpha value is -1.09. The molecule has 0 radical (unpaired) electrons. The first-order chi connectivity index (χ1) is 6.10. The number of aliphatic hydroxyl groups is 1. The summed E-state index contributed by atoms with van der Waals surface area (Å²) in [6, 6.07) is 0. The van der Waals surface area contributed by atoms with Crippen molar-refractivity contribution in [1.82, 2.24) is 0 Å². The highest BCUT2D eigenvalue weighted by Crippen LogP contribution is 2.28. The van der Waals surface area contributed by atoms with Gasteiger partial charge in [0.2, 0.25) is 0 Å². The van der Waals surface area contributed by atoms with E-state index in [1.807, 2.05) is 6.08 Å². The van der Waals surface area contributed by atoms with Crippen LogP contribution in [0.2, 0.25) is 0 Å². The Labute approximate surface area is 77.7 Å². The van der Waals surface area contributed by atoms with Crippen molar-refractivity contribution in [2.75, 3.05) is 7.11 Å². The van der Waals surface area contributed by atoms with E-state index in [-0.39, 0.29) is 5.57 Å². The van der Waals surface area contributed by atoms with E-state index in [1.165, 1.54) is 7.11 Å². The summed E-state index contributed by atoms with van der Waals surface area (Å²) in [5, 5.41) is 9.95. The Kier molecular flexibility index (Phi) is 2.88. The third-order valence-corrected chi connectivity index (χ3v) is 2.28. The molecule has 1 aliphatic rings. The van der Waals surface area contributed by atoms with E-state index in [2.05, 4.69) is 11.3 Å². The molecule has 1 atom stereocenters. The number of esters is 1. The minimum absolute atomic E-state index is 0.117. The van der Waals surface area contributed by atoms with Crippen LogP contribution in [0.4, 0.5) is 0 Å². The van der Waals surface area contributed by atoms with Crippen molar-refractivity contribution < 1.29 is 14.6 Å². The fourth-order valence-electron chi connectivity index (χ4n) is 1.40. The first kappa shape index (κ1) is 9.99. The SMILES string of the molecule is C=C(C(=O)OC)C1(O)C=CCCC1. The van der Waals surface area contributed by atoms with Crippen LogP contribution < -0.4 is 0 Å². The molecule has 1 rings (SSSR count). The smallest absolute Gasteiger partial charge is 0.336 e. The van der Waals surface area contributed by atoms with Crippen molar-refractivity contribution in [2.24, 2.45) is 0 Å². The maximum atomic E-state index is 11.1. The van der Waals surface area contributed by atoms with E-state index < -0.39 is 11.6 Å². The van der Waals surface area contributed by atoms with Gasteiger partial charge >= 0.3 is 5.97 Å². The Balaban J connectivity index is 2.79. The van der Waals surface area contributed by atoms with Gasteiger partial charge in [-0.25, -0.2) is 4.79 Å². The van der Waals surface area contributed by atoms with Crippen LogP contribution in [-0.2, 0) is 9.53 Å². The van der Waals surface area contributed by atoms with Crippen LogP contribution in [0.3, 0.4) is 0 Å². The molecule has 0 aliphatic heterocycles. The van der Waals surface area contributed by atoms with Gasteiger partial charge in [-0.1, -0.05) is 18.7 Å². The largest absolute Gasteiger partial charge is 0.466 e. The zero-order valence-corrected chi connectivity index (χ0v) is 7.75. The molecule has 0 fully saturated rings. The highest BCUT2D eigenvalue weighted by molar-refractivity contribution is 5.90. The Bertz CT molecular complexity index is 255. The van der Waals surface area contributed by atoms with Gasteiger partial charge in [0, 0.05) is 0 Å². The van der Waals surface area contributed by atoms with Crippen LogP contribution in [0.1, 0.15) is 19.3 Å². The second-order valence-electron chi connectivity index (χ2n) is 3.19. The summed E-state index contributed by atoms with van der Waals surface area (Å²) < 4.78 is 4.50. The summed E-state index contributed by atoms with van der Waals surface area (Å²) in [5.41, 5.74) is -1.07. The average molecular weight is 182 g/mol. The maximum Gasteiger partial charge on any atom is 0.336 e. The molecular weight excluding hydrogens is 168 g/mol. The van der Waals surface area contributed by atoms with Gasteiger partial charge in [0.1, 0.15) is 5.60 Å². The van der Waals surface area contributed by atoms with Gasteiger partial charge in [0.05, 0.1) is 12.7 Å². The van der Waals surface area contributed by atoms with Crippen molar-refractivity contribution in [1.29, 1.82) is 0 Å². The van der Waals surface area contributed by atoms with Crippen molar-refractivity contribution in [3.63, 3.8) is 0 Å². The first-order valence-electron chi connectivity index (χ1n) is 4.28. The number of rotatable bonds is 2. The van der Waals surface area contributed by atoms with Gasteiger partial charge in [-0.15, -0.1) is 0 Å². The van der Waals surface area contributed by atoms with Crippen LogP contribution in [0, 0.1) is 0 Å². The fourth-order valence-corrected chi connectivity index (χ4v) is 1.40. The third kappa shape index (κ3) is 1.98. The van der Waals surface area contributed by atoms with Crippen molar-refractivity contribution in [2.45, 2.75) is 24.9 Å². The van der Waals surface area contributed by atoms with E-state index in [9.17, 15) is 9.90 Å². The normalized spacial score (nSPS) is 26.9. The molecule has 0 aromatic rings. The molecule has 3 nitrogen and oxygen atoms in total. The van der Waals surface area contributed by atoms with E-state index in [1.54, 1.807) is 6.08 Å². The Morgan fingerprint density at radius 3 is 2.85 bits per heavy atom. The van der Waals surface area contributed by atoms with Gasteiger partial charge in [0.25, 0.3) is 0 Å². The average Bonchev–Trinajstić information content (AvgIpc) is 2.16. The number of carbonyl (C=O) groups excluding carboxylic acids is 1. The first-order valence-corrected chi connectivity index (χ1v) is 4.28. The second-order valence-corrected chi connectivity index (χ2v) is 3.19. The lowest BCUT2D eigenvalue weighted by Gasteiger charge is -2.27. The van der Waals surface area contributed by atoms with Gasteiger partial charge in [-0.3, -0.25) is 0 Å². The van der Waals surface area contributed by atoms with Crippen molar-refractivity contribution in [3.05, 3.63) is 24.3 Å². The summed E-state index contributed by atoms with van der Waals surface area (Å²) in [6.07, 6.45) is 5.82. The number of hydrogen-bond donors (Lipinski definition) is 1. The molecule has 3 heteroatoms. The summed E-state index contributed by atoms with van der Waals surface area (Å²) in [7, 11) is 1.28. The van der Waals surface area contributed by atoms with E-state index in [4.69, 9.17) is 0 Å². The predicted molar refractivity (Wildman–Crippen MR) is 49.1 cm³/mol. The lowest BCUT2D eigenvalue weighted by atomic mass is 9.85. The number of methoxy groups -OCH3 is 1. The summed E-state index contributed by atoms with van der Waals surface area (Å²) >= 11 is 0. The van der Waals surface area contributed by atoms with Gasteiger partial charge in [-0.2, -0.15) is 0 Å². The summed E-state index contributed by atoms with van der Waals surface area (Å²) in [6.45, 7) is 3.55. The molecule has 0 heterocycles. The molecule has 13 heavy (non-hydrogen) atoms. The summed E-state index contributed by atoms with van der Waals surface area (Å²) in [5.74, 6) is -0.547. The molecule has 0 aromatic heterocycles. The van der Waals surface area contributed by atoms with E-state index >= 15 is 0 Å². The maximum absolute atomic E-state index is 11.1. The Morgan fingerprint density at radius 1 is 1.69 bits per heavy atom. The van der Waals surface area contributed by atoms with Crippen LogP contribution >= 0.6 is 0 Å². The van der Waals surface area contributed by atoms with Crippen molar-refractivity contribution in [3.8, 4) is 0 Å². The molecule has 0 amide bonds. The predicted octanol–water partition coefficient (Wildman–Crippen LogP) is 1.19. The quantitative estimate of drug-likeness (QED) is 0.396. The highest BCUT2D eigenvalue weighted by atomic mass is 16.5. The Morgan fingerprint density at radius 2 is 2.38 bits per heavy atom. The fraction of sp³-hybridized carbons (Fsp3) is 0.500. The van der Waals surface area contributed by atoms with Crippen LogP contribution in [0.5, 0.6) is 0 Å². The number of hydrogen-bond acceptors (Lipinski definition) is 3.